The smallest absolute Gasteiger partial charge is 0.409 e. The van der Waals surface area contributed by atoms with Crippen molar-refractivity contribution in [1.29, 1.82) is 0 Å². The number of piperidine rings is 2. The number of hydrogen-bond donors (Lipinski definition) is 12. The predicted molar refractivity (Wildman–Crippen MR) is 561 cm³/mol. The van der Waals surface area contributed by atoms with Crippen molar-refractivity contribution < 1.29 is 32.2 Å². The summed E-state index contributed by atoms with van der Waals surface area (Å²) in [5.74, 6) is 2.49. The van der Waals surface area contributed by atoms with Gasteiger partial charge in [-0.15, -0.1) is 0 Å². The number of halogens is 3. The molecule has 24 rings (SSSR count). The summed E-state index contributed by atoms with van der Waals surface area (Å²) >= 11 is 0. The van der Waals surface area contributed by atoms with Crippen LogP contribution in [0.2, 0.25) is 0 Å². The van der Waals surface area contributed by atoms with Crippen molar-refractivity contribution in [2.75, 3.05) is 72.3 Å². The van der Waals surface area contributed by atoms with Gasteiger partial charge in [0.15, 0.2) is 0 Å². The van der Waals surface area contributed by atoms with Crippen molar-refractivity contribution in [2.24, 2.45) is 11.8 Å². The molecule has 4 saturated carbocycles. The number of amides is 2. The molecule has 8 aliphatic heterocycles. The van der Waals surface area contributed by atoms with Crippen molar-refractivity contribution in [2.45, 2.75) is 254 Å². The summed E-state index contributed by atoms with van der Waals surface area (Å²) in [6.07, 6.45) is 17.9. The Labute approximate surface area is 852 Å². The van der Waals surface area contributed by atoms with Crippen LogP contribution in [0, 0.1) is 43.1 Å². The molecule has 0 spiro atoms. The highest BCUT2D eigenvalue weighted by molar-refractivity contribution is 5.68. The maximum atomic E-state index is 14.0. The second kappa shape index (κ2) is 41.7. The number of ether oxygens (including phenoxy) is 2. The largest absolute Gasteiger partial charge is 0.453 e. The fourth-order valence-electron chi connectivity index (χ4n) is 22.3. The molecule has 36 nitrogen and oxygen atoms in total. The lowest BCUT2D eigenvalue weighted by atomic mass is 9.84. The molecule has 6 aromatic carbocycles. The van der Waals surface area contributed by atoms with E-state index in [0.717, 1.165) is 126 Å². The molecule has 14 heterocycles. The molecule has 782 valence electrons. The van der Waals surface area contributed by atoms with Crippen molar-refractivity contribution in [1.82, 2.24) is 67.1 Å². The number of fused-ring (bicyclic) bond motifs is 6. The standard InChI is InChI=1S/2C20H24N4O4.2C18H21N3O2.C17H17F2N3O2.C17H18FN3O2/c2*1-28-20(27)23-11-9-13(10-12-23)16-8-7-15-17(21-16)22-19(26)24(18(15)25)14-5-3-2-4-6-14;1-11-4-3-5-12(10-11)14-7-6-13-15(19-14)20-17(23)21(16(13)22)18(2)8-9-18;1-11-5-3-4-6-12(11)14-8-7-13-15(19-14)20-17(23)21(16(13)22)18(2)9-10-18;1-17(6-7-17)22-15(23)10-3-5-13(20-14(10)21-16(22)24)11-8-9(18)2-4-12(11)19;1-17(7-8-17)21-15(22)12-5-6-13(19-14(12)20-16(21)23)10-3-2-4-11(18)9-10/h2*2-6,13,16,21H,7-12H2,1H3,(H,22,26);3-5,10,14,19H,6-9H2,1-2H3,(H,20,23);3-6,14,19H,7-10H2,1-2H3,(H,20,23);2,4,8,13,20H,3,5-7H2,1H3,(H,21,24);2-4,9,13,19H,5-8H2,1H3,(H,20,23)/t2*16-;2*14-;2*13-/m101111/s1. The zero-order valence-electron chi connectivity index (χ0n) is 84.6. The molecular weight excluding hydrogens is 1910 g/mol. The van der Waals surface area contributed by atoms with E-state index in [4.69, 9.17) is 9.47 Å². The lowest BCUT2D eigenvalue weighted by Gasteiger charge is -2.38. The number of benzene rings is 6. The Morgan fingerprint density at radius 1 is 0.315 bits per heavy atom. The number of para-hydroxylation sites is 2. The fraction of sp³-hybridized carbons (Fsp3) is 0.436. The molecule has 6 aromatic heterocycles. The maximum Gasteiger partial charge on any atom is 0.409 e. The molecule has 6 atom stereocenters. The van der Waals surface area contributed by atoms with Crippen LogP contribution < -0.4 is 99.4 Å². The highest BCUT2D eigenvalue weighted by atomic mass is 19.1. The second-order valence-corrected chi connectivity index (χ2v) is 42.3. The van der Waals surface area contributed by atoms with Crippen LogP contribution in [0.1, 0.15) is 234 Å². The molecular formula is C110H125F3N20O16. The normalized spacial score (nSPS) is 20.7. The van der Waals surface area contributed by atoms with Gasteiger partial charge >= 0.3 is 46.3 Å². The van der Waals surface area contributed by atoms with Gasteiger partial charge in [-0.3, -0.25) is 76.9 Å². The third kappa shape index (κ3) is 21.2. The van der Waals surface area contributed by atoms with E-state index in [9.17, 15) is 80.3 Å². The van der Waals surface area contributed by atoms with Gasteiger partial charge in [0, 0.05) is 43.8 Å². The summed E-state index contributed by atoms with van der Waals surface area (Å²) < 4.78 is 58.2. The zero-order valence-corrected chi connectivity index (χ0v) is 84.6. The first-order valence-corrected chi connectivity index (χ1v) is 51.5. The van der Waals surface area contributed by atoms with Crippen LogP contribution >= 0.6 is 0 Å². The molecule has 12 aliphatic rings. The Morgan fingerprint density at radius 2 is 0.631 bits per heavy atom. The van der Waals surface area contributed by atoms with E-state index in [1.165, 1.54) is 76.0 Å². The van der Waals surface area contributed by atoms with Gasteiger partial charge in [0.25, 0.3) is 33.4 Å². The average Bonchev–Trinajstić information content (AvgIpc) is 1.60. The van der Waals surface area contributed by atoms with Gasteiger partial charge in [-0.25, -0.2) is 60.7 Å². The van der Waals surface area contributed by atoms with Crippen LogP contribution in [0.4, 0.5) is 57.7 Å². The lowest BCUT2D eigenvalue weighted by molar-refractivity contribution is 0.102. The Morgan fingerprint density at radius 3 is 0.993 bits per heavy atom. The first kappa shape index (κ1) is 102. The molecule has 0 unspecified atom stereocenters. The molecule has 0 bridgehead atoms. The van der Waals surface area contributed by atoms with Crippen LogP contribution in [0.5, 0.6) is 0 Å². The first-order valence-electron chi connectivity index (χ1n) is 51.5. The molecule has 0 radical (unpaired) electrons. The summed E-state index contributed by atoms with van der Waals surface area (Å²) in [6.45, 7) is 14.6. The van der Waals surface area contributed by atoms with Crippen molar-refractivity contribution in [3.63, 3.8) is 0 Å². The molecule has 2 amide bonds. The van der Waals surface area contributed by atoms with Crippen LogP contribution in [0.3, 0.4) is 0 Å². The summed E-state index contributed by atoms with van der Waals surface area (Å²) in [5.41, 5.74) is 5.84. The van der Waals surface area contributed by atoms with E-state index in [-0.39, 0.29) is 121 Å². The molecule has 2 saturated heterocycles. The van der Waals surface area contributed by atoms with E-state index in [1.807, 2.05) is 64.1 Å². The van der Waals surface area contributed by atoms with Crippen molar-refractivity contribution in [3.05, 3.63) is 361 Å². The third-order valence-corrected chi connectivity index (χ3v) is 32.0. The minimum Gasteiger partial charge on any atom is -0.453 e. The summed E-state index contributed by atoms with van der Waals surface area (Å²) in [4.78, 5) is 195. The fourth-order valence-corrected chi connectivity index (χ4v) is 22.3. The van der Waals surface area contributed by atoms with E-state index < -0.39 is 40.3 Å². The molecule has 4 aliphatic carbocycles. The number of carbonyl (C=O) groups is 2. The van der Waals surface area contributed by atoms with Crippen LogP contribution in [-0.4, -0.2) is 132 Å². The number of anilines is 6. The summed E-state index contributed by atoms with van der Waals surface area (Å²) in [7, 11) is 2.79. The Kier molecular flexibility index (Phi) is 28.6. The maximum absolute atomic E-state index is 14.0. The topological polar surface area (TPSA) is 460 Å². The van der Waals surface area contributed by atoms with Gasteiger partial charge in [-0.2, -0.15) is 0 Å². The number of carbonyl (C=O) groups excluding carboxylic acids is 2. The minimum absolute atomic E-state index is 0.111. The molecule has 149 heavy (non-hydrogen) atoms. The van der Waals surface area contributed by atoms with E-state index in [0.29, 0.717) is 169 Å². The van der Waals surface area contributed by atoms with Gasteiger partial charge in [0.1, 0.15) is 52.4 Å². The molecule has 12 aromatic rings. The molecule has 39 heteroatoms. The Hall–Kier alpha value is -15.5. The number of methoxy groups -OCH3 is 2. The number of hydrogen-bond acceptors (Lipinski definition) is 22. The highest BCUT2D eigenvalue weighted by Crippen LogP contribution is 2.46. The van der Waals surface area contributed by atoms with Crippen molar-refractivity contribution in [3.8, 4) is 11.4 Å². The van der Waals surface area contributed by atoms with Gasteiger partial charge in [-0.05, 0) is 284 Å². The van der Waals surface area contributed by atoms with E-state index in [2.05, 4.69) is 106 Å². The highest BCUT2D eigenvalue weighted by Gasteiger charge is 2.48. The quantitative estimate of drug-likeness (QED) is 0.0540. The monoisotopic (exact) mass is 2040 g/mol. The van der Waals surface area contributed by atoms with E-state index >= 15 is 0 Å². The lowest BCUT2D eigenvalue weighted by Crippen LogP contribution is -2.46. The number of aromatic amines is 6. The van der Waals surface area contributed by atoms with Crippen LogP contribution in [0.15, 0.2) is 209 Å². The number of nitrogens with zero attached hydrogens (tertiary/aromatic N) is 8. The molecule has 12 N–H and O–H groups in total. The second-order valence-electron chi connectivity index (χ2n) is 42.3. The average molecular weight is 2040 g/mol. The van der Waals surface area contributed by atoms with Crippen molar-refractivity contribution >= 4 is 47.1 Å². The van der Waals surface area contributed by atoms with Gasteiger partial charge in [0.2, 0.25) is 0 Å². The minimum atomic E-state index is -0.524. The molecule has 6 fully saturated rings. The summed E-state index contributed by atoms with van der Waals surface area (Å²) in [5, 5.41) is 19.7. The van der Waals surface area contributed by atoms with Gasteiger partial charge in [0.05, 0.1) is 105 Å². The van der Waals surface area contributed by atoms with Gasteiger partial charge in [-0.1, -0.05) is 103 Å². The van der Waals surface area contributed by atoms with Gasteiger partial charge < -0.3 is 51.2 Å². The predicted octanol–water partition coefficient (Wildman–Crippen LogP) is 13.1. The van der Waals surface area contributed by atoms with E-state index in [1.54, 1.807) is 64.4 Å². The zero-order chi connectivity index (χ0) is 105. The number of aromatic nitrogens is 12. The Bertz CT molecular complexity index is 7650. The summed E-state index contributed by atoms with van der Waals surface area (Å²) in [6, 6.07) is 44.1. The number of likely N-dealkylation sites (tertiary alicyclic amines) is 2. The first-order chi connectivity index (χ1) is 71.5. The third-order valence-electron chi connectivity index (χ3n) is 32.0. The number of nitrogens with one attached hydrogen (secondary N) is 12. The SMILES string of the molecule is CC1(n2c(=O)[nH]c3c(c2=O)CC[C@H](c2cc(F)ccc2F)N3)CC1.CC1(n2c(=O)[nH]c3c(c2=O)CC[C@H](c2cccc(F)c2)N3)CC1.COC(=O)N1CCC([C@@H]2CCc3c([nH]c(=O)n(-c4ccccc4)c3=O)N2)CC1.COC(=O)N1CCC([C@H]2CCc3c([nH]c(=O)n(-c4ccccc4)c3=O)N2)CC1.Cc1cccc([C@H]2CCc3c([nH]c(=O)n(C4(C)CC4)c3=O)N2)c1.Cc1ccccc1[C@H]1CCc2c([nH]c(=O)n(C3(C)CC3)c2=O)N1. The Balaban J connectivity index is 0.000000113. The van der Waals surface area contributed by atoms with Crippen LogP contribution in [0.25, 0.3) is 11.4 Å². The van der Waals surface area contributed by atoms with Crippen LogP contribution in [-0.2, 0) is 70.2 Å². The number of H-pyrrole nitrogens is 6. The number of aryl methyl sites for hydroxylation is 2. The number of rotatable bonds is 12.